The summed E-state index contributed by atoms with van der Waals surface area (Å²) in [5, 5.41) is 2.56. The molecule has 1 amide bonds. The van der Waals surface area contributed by atoms with E-state index in [1.165, 1.54) is 7.11 Å². The summed E-state index contributed by atoms with van der Waals surface area (Å²) in [6.45, 7) is 8.56. The van der Waals surface area contributed by atoms with Crippen molar-refractivity contribution in [1.29, 1.82) is 0 Å². The number of carbonyl (C=O) groups is 2. The summed E-state index contributed by atoms with van der Waals surface area (Å²) in [5.74, 6) is -0.188. The van der Waals surface area contributed by atoms with E-state index < -0.39 is 18.1 Å². The first-order valence-corrected chi connectivity index (χ1v) is 7.01. The number of rotatable bonds is 9. The molecular formula is C14H27NO5. The third-order valence-electron chi connectivity index (χ3n) is 2.82. The van der Waals surface area contributed by atoms with Crippen LogP contribution in [0.25, 0.3) is 0 Å². The third kappa shape index (κ3) is 7.99. The first-order valence-electron chi connectivity index (χ1n) is 7.01. The van der Waals surface area contributed by atoms with Gasteiger partial charge < -0.3 is 19.5 Å². The molecule has 1 N–H and O–H groups in total. The van der Waals surface area contributed by atoms with Crippen LogP contribution in [-0.2, 0) is 19.0 Å². The lowest BCUT2D eigenvalue weighted by molar-refractivity contribution is -0.148. The fourth-order valence-corrected chi connectivity index (χ4v) is 1.39. The van der Waals surface area contributed by atoms with Gasteiger partial charge in [0, 0.05) is 7.11 Å². The average Bonchev–Trinajstić information content (AvgIpc) is 2.41. The van der Waals surface area contributed by atoms with E-state index in [4.69, 9.17) is 14.2 Å². The molecule has 0 rings (SSSR count). The van der Waals surface area contributed by atoms with E-state index in [1.807, 2.05) is 27.7 Å². The molecule has 0 radical (unpaired) electrons. The molecule has 0 bridgehead atoms. The van der Waals surface area contributed by atoms with Gasteiger partial charge in [0.1, 0.15) is 12.6 Å². The number of hydrogen-bond donors (Lipinski definition) is 1. The topological polar surface area (TPSA) is 73.9 Å². The highest BCUT2D eigenvalue weighted by Gasteiger charge is 2.28. The maximum Gasteiger partial charge on any atom is 0.407 e. The van der Waals surface area contributed by atoms with E-state index in [1.54, 1.807) is 0 Å². The third-order valence-corrected chi connectivity index (χ3v) is 2.82. The van der Waals surface area contributed by atoms with Gasteiger partial charge in [0.2, 0.25) is 0 Å². The lowest BCUT2D eigenvalue weighted by Crippen LogP contribution is -2.46. The van der Waals surface area contributed by atoms with Crippen LogP contribution >= 0.6 is 0 Å². The minimum atomic E-state index is -0.686. The van der Waals surface area contributed by atoms with Gasteiger partial charge in [-0.15, -0.1) is 0 Å². The molecule has 0 spiro atoms. The highest BCUT2D eigenvalue weighted by molar-refractivity contribution is 5.81. The van der Waals surface area contributed by atoms with E-state index in [2.05, 4.69) is 5.32 Å². The number of alkyl carbamates (subject to hydrolysis) is 1. The molecule has 2 atom stereocenters. The quantitative estimate of drug-likeness (QED) is 0.519. The predicted octanol–water partition coefficient (Wildman–Crippen LogP) is 1.97. The second-order valence-electron chi connectivity index (χ2n) is 5.16. The number of esters is 1. The van der Waals surface area contributed by atoms with Crippen molar-refractivity contribution in [1.82, 2.24) is 5.32 Å². The van der Waals surface area contributed by atoms with Crippen LogP contribution in [-0.4, -0.2) is 45.0 Å². The van der Waals surface area contributed by atoms with E-state index in [0.29, 0.717) is 13.2 Å². The molecule has 0 aromatic carbocycles. The summed E-state index contributed by atoms with van der Waals surface area (Å²) in [7, 11) is 1.52. The van der Waals surface area contributed by atoms with Gasteiger partial charge in [-0.1, -0.05) is 34.1 Å². The Bertz CT molecular complexity index is 293. The number of hydrogen-bond acceptors (Lipinski definition) is 5. The van der Waals surface area contributed by atoms with Crippen molar-refractivity contribution in [3.8, 4) is 0 Å². The molecule has 118 valence electrons. The summed E-state index contributed by atoms with van der Waals surface area (Å²) in [6.07, 6.45) is 0.119. The van der Waals surface area contributed by atoms with Crippen molar-refractivity contribution in [2.75, 3.05) is 26.9 Å². The van der Waals surface area contributed by atoms with E-state index in [9.17, 15) is 9.59 Å². The first kappa shape index (κ1) is 18.7. The molecule has 6 heteroatoms. The maximum absolute atomic E-state index is 12.0. The summed E-state index contributed by atoms with van der Waals surface area (Å²) < 4.78 is 14.9. The molecule has 2 unspecified atom stereocenters. The Hall–Kier alpha value is -1.30. The Balaban J connectivity index is 4.40. The van der Waals surface area contributed by atoms with Crippen LogP contribution in [0.15, 0.2) is 0 Å². The predicted molar refractivity (Wildman–Crippen MR) is 75.4 cm³/mol. The molecular weight excluding hydrogens is 262 g/mol. The number of amides is 1. The van der Waals surface area contributed by atoms with Gasteiger partial charge in [-0.25, -0.2) is 9.59 Å². The zero-order valence-electron chi connectivity index (χ0n) is 13.1. The Morgan fingerprint density at radius 1 is 1.10 bits per heavy atom. The molecule has 0 saturated heterocycles. The Labute approximate surface area is 121 Å². The second kappa shape index (κ2) is 10.5. The molecule has 0 aromatic rings. The Morgan fingerprint density at radius 2 is 1.75 bits per heavy atom. The van der Waals surface area contributed by atoms with Crippen molar-refractivity contribution >= 4 is 12.1 Å². The molecule has 0 saturated carbocycles. The fourth-order valence-electron chi connectivity index (χ4n) is 1.39. The lowest BCUT2D eigenvalue weighted by atomic mass is 9.99. The van der Waals surface area contributed by atoms with E-state index in [-0.39, 0.29) is 18.4 Å². The zero-order chi connectivity index (χ0) is 15.5. The Kier molecular flexibility index (Phi) is 9.80. The summed E-state index contributed by atoms with van der Waals surface area (Å²) in [4.78, 5) is 23.6. The van der Waals surface area contributed by atoms with Gasteiger partial charge in [0.15, 0.2) is 0 Å². The van der Waals surface area contributed by atoms with E-state index >= 15 is 0 Å². The van der Waals surface area contributed by atoms with Gasteiger partial charge in [0.25, 0.3) is 0 Å². The largest absolute Gasteiger partial charge is 0.464 e. The number of carbonyl (C=O) groups excluding carboxylic acids is 2. The summed E-state index contributed by atoms with van der Waals surface area (Å²) >= 11 is 0. The second-order valence-corrected chi connectivity index (χ2v) is 5.16. The smallest absolute Gasteiger partial charge is 0.407 e. The molecule has 6 nitrogen and oxygen atoms in total. The normalized spacial score (nSPS) is 13.7. The molecule has 0 aromatic heterocycles. The maximum atomic E-state index is 12.0. The van der Waals surface area contributed by atoms with Crippen LogP contribution < -0.4 is 5.32 Å². The van der Waals surface area contributed by atoms with Crippen molar-refractivity contribution in [2.24, 2.45) is 11.8 Å². The van der Waals surface area contributed by atoms with Gasteiger partial charge in [0.05, 0.1) is 13.2 Å². The SMILES string of the molecule is CCC(C)C(NC(=O)OCCOC)C(=O)OCC(C)C. The van der Waals surface area contributed by atoms with Gasteiger partial charge in [-0.3, -0.25) is 0 Å². The van der Waals surface area contributed by atoms with Crippen molar-refractivity contribution in [2.45, 2.75) is 40.2 Å². The van der Waals surface area contributed by atoms with Crippen LogP contribution in [0.4, 0.5) is 4.79 Å². The monoisotopic (exact) mass is 289 g/mol. The van der Waals surface area contributed by atoms with E-state index in [0.717, 1.165) is 6.42 Å². The molecule has 0 fully saturated rings. The zero-order valence-corrected chi connectivity index (χ0v) is 13.1. The lowest BCUT2D eigenvalue weighted by Gasteiger charge is -2.22. The fraction of sp³-hybridized carbons (Fsp3) is 0.857. The first-order chi connectivity index (χ1) is 9.42. The highest BCUT2D eigenvalue weighted by atomic mass is 16.6. The molecule has 20 heavy (non-hydrogen) atoms. The van der Waals surface area contributed by atoms with Gasteiger partial charge in [-0.2, -0.15) is 0 Å². The number of nitrogens with one attached hydrogen (secondary N) is 1. The van der Waals surface area contributed by atoms with Crippen molar-refractivity contribution < 1.29 is 23.8 Å². The van der Waals surface area contributed by atoms with Crippen LogP contribution in [0.1, 0.15) is 34.1 Å². The van der Waals surface area contributed by atoms with Crippen LogP contribution in [0.3, 0.4) is 0 Å². The van der Waals surface area contributed by atoms with Crippen LogP contribution in [0.5, 0.6) is 0 Å². The Morgan fingerprint density at radius 3 is 2.25 bits per heavy atom. The minimum Gasteiger partial charge on any atom is -0.464 e. The number of ether oxygens (including phenoxy) is 3. The van der Waals surface area contributed by atoms with Crippen molar-refractivity contribution in [3.63, 3.8) is 0 Å². The summed E-state index contributed by atoms with van der Waals surface area (Å²) in [5.41, 5.74) is 0. The molecule has 0 aliphatic rings. The van der Waals surface area contributed by atoms with Crippen LogP contribution in [0, 0.1) is 11.8 Å². The molecule has 0 aliphatic carbocycles. The van der Waals surface area contributed by atoms with Gasteiger partial charge in [-0.05, 0) is 11.8 Å². The average molecular weight is 289 g/mol. The molecule has 0 heterocycles. The van der Waals surface area contributed by atoms with Crippen LogP contribution in [0.2, 0.25) is 0 Å². The molecule has 0 aliphatic heterocycles. The van der Waals surface area contributed by atoms with Gasteiger partial charge >= 0.3 is 12.1 Å². The summed E-state index contributed by atoms with van der Waals surface area (Å²) in [6, 6.07) is -0.686. The minimum absolute atomic E-state index is 0.0235. The number of methoxy groups -OCH3 is 1. The highest BCUT2D eigenvalue weighted by Crippen LogP contribution is 2.10. The standard InChI is InChI=1S/C14H27NO5/c1-6-11(4)12(13(16)20-9-10(2)3)15-14(17)19-8-7-18-5/h10-12H,6-9H2,1-5H3,(H,15,17). The van der Waals surface area contributed by atoms with Crippen molar-refractivity contribution in [3.05, 3.63) is 0 Å².